The molecule has 0 spiro atoms. The van der Waals surface area contributed by atoms with Crippen molar-refractivity contribution in [1.82, 2.24) is 5.32 Å². The van der Waals surface area contributed by atoms with Crippen LogP contribution in [0.4, 0.5) is 11.4 Å². The molecule has 1 aliphatic rings. The molecule has 1 aromatic carbocycles. The Morgan fingerprint density at radius 3 is 3.00 bits per heavy atom. The van der Waals surface area contributed by atoms with Crippen molar-refractivity contribution in [1.29, 1.82) is 0 Å². The smallest absolute Gasteiger partial charge is 0.292 e. The van der Waals surface area contributed by atoms with Crippen molar-refractivity contribution in [3.63, 3.8) is 0 Å². The number of rotatable bonds is 4. The molecule has 0 radical (unpaired) electrons. The number of benzene rings is 1. The first-order valence-electron chi connectivity index (χ1n) is 6.48. The molecule has 1 unspecified atom stereocenters. The average molecular weight is 284 g/mol. The van der Waals surface area contributed by atoms with E-state index in [1.54, 1.807) is 12.1 Å². The first kappa shape index (κ1) is 14.1. The molecule has 2 rings (SSSR count). The molecule has 6 heteroatoms. The summed E-state index contributed by atoms with van der Waals surface area (Å²) in [5.74, 6) is 0. The SMILES string of the molecule is CNCC1CCCCN1c1cc(Cl)ccc1[N+](=O)[O-]. The zero-order chi connectivity index (χ0) is 13.8. The molecule has 1 N–H and O–H groups in total. The van der Waals surface area contributed by atoms with Crippen molar-refractivity contribution in [2.45, 2.75) is 25.3 Å². The minimum absolute atomic E-state index is 0.132. The molecule has 0 amide bonds. The van der Waals surface area contributed by atoms with Crippen molar-refractivity contribution in [2.75, 3.05) is 25.0 Å². The van der Waals surface area contributed by atoms with Crippen molar-refractivity contribution in [3.8, 4) is 0 Å². The van der Waals surface area contributed by atoms with Crippen LogP contribution in [0.1, 0.15) is 19.3 Å². The van der Waals surface area contributed by atoms with Gasteiger partial charge in [0.15, 0.2) is 0 Å². The van der Waals surface area contributed by atoms with Crippen molar-refractivity contribution >= 4 is 23.0 Å². The summed E-state index contributed by atoms with van der Waals surface area (Å²) in [7, 11) is 1.90. The van der Waals surface area contributed by atoms with Crippen LogP contribution in [0.3, 0.4) is 0 Å². The second-order valence-corrected chi connectivity index (χ2v) is 5.23. The number of nitrogens with one attached hydrogen (secondary N) is 1. The van der Waals surface area contributed by atoms with Gasteiger partial charge in [0.1, 0.15) is 5.69 Å². The molecule has 1 aliphatic heterocycles. The average Bonchev–Trinajstić information content (AvgIpc) is 2.39. The van der Waals surface area contributed by atoms with Gasteiger partial charge in [-0.05, 0) is 38.4 Å². The van der Waals surface area contributed by atoms with E-state index in [0.717, 1.165) is 32.4 Å². The molecule has 0 saturated carbocycles. The number of nitro benzene ring substituents is 1. The van der Waals surface area contributed by atoms with Crippen LogP contribution in [0, 0.1) is 10.1 Å². The molecular weight excluding hydrogens is 266 g/mol. The fraction of sp³-hybridized carbons (Fsp3) is 0.538. The predicted octanol–water partition coefficient (Wildman–Crippen LogP) is 2.83. The fourth-order valence-electron chi connectivity index (χ4n) is 2.65. The first-order valence-corrected chi connectivity index (χ1v) is 6.86. The number of nitro groups is 1. The monoisotopic (exact) mass is 283 g/mol. The number of hydrogen-bond acceptors (Lipinski definition) is 4. The van der Waals surface area contributed by atoms with Crippen LogP contribution >= 0.6 is 11.6 Å². The zero-order valence-electron chi connectivity index (χ0n) is 10.9. The molecule has 1 atom stereocenters. The van der Waals surface area contributed by atoms with Gasteiger partial charge in [-0.2, -0.15) is 0 Å². The van der Waals surface area contributed by atoms with E-state index in [1.165, 1.54) is 6.07 Å². The Balaban J connectivity index is 2.37. The van der Waals surface area contributed by atoms with E-state index in [2.05, 4.69) is 10.2 Å². The maximum Gasteiger partial charge on any atom is 0.292 e. The molecule has 1 fully saturated rings. The van der Waals surface area contributed by atoms with Gasteiger partial charge in [0, 0.05) is 30.2 Å². The van der Waals surface area contributed by atoms with E-state index in [4.69, 9.17) is 11.6 Å². The number of likely N-dealkylation sites (N-methyl/N-ethyl adjacent to an activating group) is 1. The van der Waals surface area contributed by atoms with Crippen LogP contribution in [0.25, 0.3) is 0 Å². The summed E-state index contributed by atoms with van der Waals surface area (Å²) in [6.45, 7) is 1.66. The molecule has 19 heavy (non-hydrogen) atoms. The van der Waals surface area contributed by atoms with Crippen molar-refractivity contribution in [2.24, 2.45) is 0 Å². The Hall–Kier alpha value is -1.33. The number of piperidine rings is 1. The summed E-state index contributed by atoms with van der Waals surface area (Å²) in [6.07, 6.45) is 3.27. The normalized spacial score (nSPS) is 19.5. The largest absolute Gasteiger partial charge is 0.362 e. The minimum atomic E-state index is -0.337. The summed E-state index contributed by atoms with van der Waals surface area (Å²) in [4.78, 5) is 12.9. The van der Waals surface area contributed by atoms with E-state index in [9.17, 15) is 10.1 Å². The molecule has 0 aliphatic carbocycles. The molecular formula is C13H18ClN3O2. The zero-order valence-corrected chi connectivity index (χ0v) is 11.7. The number of anilines is 1. The summed E-state index contributed by atoms with van der Waals surface area (Å²) in [5, 5.41) is 14.9. The first-order chi connectivity index (χ1) is 9.13. The second kappa shape index (κ2) is 6.21. The van der Waals surface area contributed by atoms with Crippen LogP contribution < -0.4 is 10.2 Å². The van der Waals surface area contributed by atoms with Crippen molar-refractivity contribution in [3.05, 3.63) is 33.3 Å². The van der Waals surface area contributed by atoms with Gasteiger partial charge in [-0.25, -0.2) is 0 Å². The minimum Gasteiger partial charge on any atom is -0.362 e. The number of halogens is 1. The Bertz CT molecular complexity index is 465. The third-order valence-corrected chi connectivity index (χ3v) is 3.75. The van der Waals surface area contributed by atoms with Crippen LogP contribution in [0.15, 0.2) is 18.2 Å². The fourth-order valence-corrected chi connectivity index (χ4v) is 2.81. The molecule has 0 aromatic heterocycles. The van der Waals surface area contributed by atoms with E-state index >= 15 is 0 Å². The Morgan fingerprint density at radius 1 is 1.53 bits per heavy atom. The molecule has 5 nitrogen and oxygen atoms in total. The van der Waals surface area contributed by atoms with Gasteiger partial charge in [-0.15, -0.1) is 0 Å². The Labute approximate surface area is 117 Å². The van der Waals surface area contributed by atoms with Gasteiger partial charge in [-0.3, -0.25) is 10.1 Å². The van der Waals surface area contributed by atoms with E-state index in [1.807, 2.05) is 7.05 Å². The highest BCUT2D eigenvalue weighted by molar-refractivity contribution is 6.31. The molecule has 104 valence electrons. The third-order valence-electron chi connectivity index (χ3n) is 3.51. The maximum atomic E-state index is 11.2. The molecule has 0 bridgehead atoms. The predicted molar refractivity (Wildman–Crippen MR) is 77.0 cm³/mol. The van der Waals surface area contributed by atoms with E-state index in [0.29, 0.717) is 10.7 Å². The lowest BCUT2D eigenvalue weighted by Crippen LogP contribution is -2.45. The van der Waals surface area contributed by atoms with Crippen LogP contribution in [0.5, 0.6) is 0 Å². The van der Waals surface area contributed by atoms with E-state index in [-0.39, 0.29) is 16.7 Å². The summed E-state index contributed by atoms with van der Waals surface area (Å²) >= 11 is 6.00. The van der Waals surface area contributed by atoms with Gasteiger partial charge in [0.25, 0.3) is 5.69 Å². The maximum absolute atomic E-state index is 11.2. The lowest BCUT2D eigenvalue weighted by atomic mass is 10.0. The molecule has 1 heterocycles. The van der Waals surface area contributed by atoms with Gasteiger partial charge >= 0.3 is 0 Å². The van der Waals surface area contributed by atoms with Gasteiger partial charge in [0.2, 0.25) is 0 Å². The Kier molecular flexibility index (Phi) is 4.61. The Morgan fingerprint density at radius 2 is 2.32 bits per heavy atom. The topological polar surface area (TPSA) is 58.4 Å². The highest BCUT2D eigenvalue weighted by Gasteiger charge is 2.27. The lowest BCUT2D eigenvalue weighted by molar-refractivity contribution is -0.384. The summed E-state index contributed by atoms with van der Waals surface area (Å²) < 4.78 is 0. The summed E-state index contributed by atoms with van der Waals surface area (Å²) in [5.41, 5.74) is 0.768. The summed E-state index contributed by atoms with van der Waals surface area (Å²) in [6, 6.07) is 5.05. The van der Waals surface area contributed by atoms with Gasteiger partial charge in [-0.1, -0.05) is 11.6 Å². The van der Waals surface area contributed by atoms with Crippen LogP contribution in [-0.4, -0.2) is 31.1 Å². The standard InChI is InChI=1S/C13H18ClN3O2/c1-15-9-11-4-2-3-7-16(11)13-8-10(14)5-6-12(13)17(18)19/h5-6,8,11,15H,2-4,7,9H2,1H3. The quantitative estimate of drug-likeness (QED) is 0.682. The van der Waals surface area contributed by atoms with Crippen LogP contribution in [0.2, 0.25) is 5.02 Å². The van der Waals surface area contributed by atoms with Crippen LogP contribution in [-0.2, 0) is 0 Å². The van der Waals surface area contributed by atoms with Gasteiger partial charge in [0.05, 0.1) is 4.92 Å². The number of hydrogen-bond donors (Lipinski definition) is 1. The van der Waals surface area contributed by atoms with Gasteiger partial charge < -0.3 is 10.2 Å². The third kappa shape index (κ3) is 3.16. The second-order valence-electron chi connectivity index (χ2n) is 4.79. The molecule has 1 aromatic rings. The molecule has 1 saturated heterocycles. The number of nitrogens with zero attached hydrogens (tertiary/aromatic N) is 2. The highest BCUT2D eigenvalue weighted by Crippen LogP contribution is 2.34. The van der Waals surface area contributed by atoms with Crippen molar-refractivity contribution < 1.29 is 4.92 Å². The van der Waals surface area contributed by atoms with E-state index < -0.39 is 0 Å². The highest BCUT2D eigenvalue weighted by atomic mass is 35.5. The lowest BCUT2D eigenvalue weighted by Gasteiger charge is -2.37.